The number of halogens is 3. The fraction of sp³-hybridized carbons (Fsp3) is 0.333. The number of carbonyl (C=O) groups excluding carboxylic acids is 2. The quantitative estimate of drug-likeness (QED) is 0.176. The minimum absolute atomic E-state index is 0.0130. The molecule has 0 aromatic heterocycles. The molecule has 9 heteroatoms. The molecule has 1 heterocycles. The van der Waals surface area contributed by atoms with Crippen molar-refractivity contribution >= 4 is 17.4 Å². The van der Waals surface area contributed by atoms with Crippen LogP contribution in [0.5, 0.6) is 5.75 Å². The first-order valence-electron chi connectivity index (χ1n) is 14.1. The van der Waals surface area contributed by atoms with E-state index in [0.717, 1.165) is 52.8 Å². The van der Waals surface area contributed by atoms with Gasteiger partial charge in [0.1, 0.15) is 12.1 Å². The van der Waals surface area contributed by atoms with Crippen molar-refractivity contribution in [3.05, 3.63) is 106 Å². The number of ether oxygens (including phenoxy) is 2. The van der Waals surface area contributed by atoms with Crippen LogP contribution in [0.2, 0.25) is 0 Å². The van der Waals surface area contributed by atoms with E-state index in [9.17, 15) is 22.8 Å². The SMILES string of the molecule is Cc1ccccc1C(C(N)=O)N1CCC(c2ccc(CCCOc3c(F)ccc(F)c3F)cc2)=C(C(=O)OC2CC2)C1. The summed E-state index contributed by atoms with van der Waals surface area (Å²) in [6.07, 6.45) is 3.19. The van der Waals surface area contributed by atoms with Crippen molar-refractivity contribution in [2.75, 3.05) is 19.7 Å². The summed E-state index contributed by atoms with van der Waals surface area (Å²) in [7, 11) is 0. The summed E-state index contributed by atoms with van der Waals surface area (Å²) in [5, 5.41) is 0. The van der Waals surface area contributed by atoms with Crippen molar-refractivity contribution < 1.29 is 32.2 Å². The largest absolute Gasteiger partial charge is 0.488 e. The highest BCUT2D eigenvalue weighted by molar-refractivity contribution is 5.99. The van der Waals surface area contributed by atoms with Crippen molar-refractivity contribution in [1.29, 1.82) is 0 Å². The Kier molecular flexibility index (Phi) is 8.97. The first-order chi connectivity index (χ1) is 20.2. The van der Waals surface area contributed by atoms with Crippen molar-refractivity contribution in [2.45, 2.75) is 51.2 Å². The van der Waals surface area contributed by atoms with Crippen molar-refractivity contribution in [1.82, 2.24) is 4.90 Å². The molecule has 1 fully saturated rings. The molecular weight excluding hydrogens is 545 g/mol. The Morgan fingerprint density at radius 3 is 2.40 bits per heavy atom. The van der Waals surface area contributed by atoms with Gasteiger partial charge in [0, 0.05) is 13.1 Å². The lowest BCUT2D eigenvalue weighted by Crippen LogP contribution is -2.43. The lowest BCUT2D eigenvalue weighted by atomic mass is 9.90. The lowest BCUT2D eigenvalue weighted by molar-refractivity contribution is -0.141. The van der Waals surface area contributed by atoms with Crippen LogP contribution in [0.25, 0.3) is 5.57 Å². The minimum Gasteiger partial charge on any atom is -0.488 e. The highest BCUT2D eigenvalue weighted by Crippen LogP contribution is 2.35. The predicted octanol–water partition coefficient (Wildman–Crippen LogP) is 5.82. The van der Waals surface area contributed by atoms with Gasteiger partial charge in [-0.3, -0.25) is 9.69 Å². The highest BCUT2D eigenvalue weighted by atomic mass is 19.2. The third kappa shape index (κ3) is 6.68. The molecule has 42 heavy (non-hydrogen) atoms. The Hall–Kier alpha value is -4.11. The van der Waals surface area contributed by atoms with Crippen molar-refractivity contribution in [2.24, 2.45) is 5.73 Å². The second-order valence-electron chi connectivity index (χ2n) is 10.8. The van der Waals surface area contributed by atoms with Crippen LogP contribution in [0.1, 0.15) is 54.0 Å². The number of aryl methyl sites for hydroxylation is 2. The molecule has 1 aliphatic heterocycles. The maximum atomic E-state index is 13.8. The molecule has 1 amide bonds. The summed E-state index contributed by atoms with van der Waals surface area (Å²) in [5.41, 5.74) is 10.9. The van der Waals surface area contributed by atoms with E-state index >= 15 is 0 Å². The van der Waals surface area contributed by atoms with Gasteiger partial charge in [-0.1, -0.05) is 48.5 Å². The van der Waals surface area contributed by atoms with Crippen LogP contribution in [0.3, 0.4) is 0 Å². The van der Waals surface area contributed by atoms with Crippen LogP contribution in [0.15, 0.2) is 66.2 Å². The van der Waals surface area contributed by atoms with Gasteiger partial charge < -0.3 is 15.2 Å². The zero-order chi connectivity index (χ0) is 29.8. The summed E-state index contributed by atoms with van der Waals surface area (Å²) in [4.78, 5) is 27.9. The van der Waals surface area contributed by atoms with Crippen LogP contribution >= 0.6 is 0 Å². The van der Waals surface area contributed by atoms with Gasteiger partial charge in [0.05, 0.1) is 12.2 Å². The molecule has 0 radical (unpaired) electrons. The van der Waals surface area contributed by atoms with Crippen LogP contribution in [-0.4, -0.2) is 42.6 Å². The summed E-state index contributed by atoms with van der Waals surface area (Å²) < 4.78 is 51.8. The van der Waals surface area contributed by atoms with E-state index in [0.29, 0.717) is 31.4 Å². The van der Waals surface area contributed by atoms with E-state index < -0.39 is 35.2 Å². The van der Waals surface area contributed by atoms with Crippen LogP contribution in [0, 0.1) is 24.4 Å². The maximum absolute atomic E-state index is 13.8. The number of rotatable bonds is 11. The lowest BCUT2D eigenvalue weighted by Gasteiger charge is -2.35. The smallest absolute Gasteiger partial charge is 0.335 e. The molecule has 1 saturated carbocycles. The van der Waals surface area contributed by atoms with Crippen LogP contribution in [0.4, 0.5) is 13.2 Å². The number of nitrogens with two attached hydrogens (primary N) is 1. The van der Waals surface area contributed by atoms with Gasteiger partial charge in [-0.25, -0.2) is 13.6 Å². The standard InChI is InChI=1S/C33H33F3N2O4/c1-20-5-2-3-7-24(20)30(32(37)39)38-17-16-25(26(19-38)33(40)42-23-12-13-23)22-10-8-21(9-11-22)6-4-18-41-31-28(35)15-14-27(34)29(31)36/h2-3,5,7-11,14-15,23,30H,4,6,12-13,16-19H2,1H3,(H2,37,39). The monoisotopic (exact) mass is 578 g/mol. The normalized spacial score (nSPS) is 16.3. The molecular formula is C33H33F3N2O4. The first-order valence-corrected chi connectivity index (χ1v) is 14.1. The average Bonchev–Trinajstić information content (AvgIpc) is 3.80. The number of hydrogen-bond acceptors (Lipinski definition) is 5. The summed E-state index contributed by atoms with van der Waals surface area (Å²) >= 11 is 0. The molecule has 2 aliphatic rings. The van der Waals surface area contributed by atoms with E-state index in [1.165, 1.54) is 0 Å². The first kappa shape index (κ1) is 29.4. The molecule has 1 aliphatic carbocycles. The van der Waals surface area contributed by atoms with Crippen molar-refractivity contribution in [3.8, 4) is 5.75 Å². The number of benzene rings is 3. The molecule has 3 aromatic rings. The van der Waals surface area contributed by atoms with E-state index in [4.69, 9.17) is 15.2 Å². The number of carbonyl (C=O) groups is 2. The third-order valence-corrected chi connectivity index (χ3v) is 7.70. The number of primary amides is 1. The van der Waals surface area contributed by atoms with E-state index in [1.807, 2.05) is 60.4 Å². The number of amides is 1. The summed E-state index contributed by atoms with van der Waals surface area (Å²) in [6, 6.07) is 16.2. The zero-order valence-electron chi connectivity index (χ0n) is 23.4. The molecule has 6 nitrogen and oxygen atoms in total. The van der Waals surface area contributed by atoms with Gasteiger partial charge >= 0.3 is 5.97 Å². The molecule has 220 valence electrons. The fourth-order valence-corrected chi connectivity index (χ4v) is 5.31. The van der Waals surface area contributed by atoms with Crippen LogP contribution in [-0.2, 0) is 20.7 Å². The molecule has 0 bridgehead atoms. The van der Waals surface area contributed by atoms with Crippen molar-refractivity contribution in [3.63, 3.8) is 0 Å². The number of hydrogen-bond donors (Lipinski definition) is 1. The Bertz CT molecular complexity index is 1500. The maximum Gasteiger partial charge on any atom is 0.335 e. The summed E-state index contributed by atoms with van der Waals surface area (Å²) in [5.74, 6) is -5.01. The molecule has 2 N–H and O–H groups in total. The number of esters is 1. The molecule has 1 unspecified atom stereocenters. The van der Waals surface area contributed by atoms with Gasteiger partial charge in [-0.2, -0.15) is 4.39 Å². The third-order valence-electron chi connectivity index (χ3n) is 7.70. The van der Waals surface area contributed by atoms with E-state index in [1.54, 1.807) is 0 Å². The Labute approximate surface area is 242 Å². The van der Waals surface area contributed by atoms with Gasteiger partial charge in [-0.05, 0) is 79.0 Å². The molecule has 3 aromatic carbocycles. The fourth-order valence-electron chi connectivity index (χ4n) is 5.31. The molecule has 1 atom stereocenters. The minimum atomic E-state index is -1.34. The van der Waals surface area contributed by atoms with Gasteiger partial charge in [-0.15, -0.1) is 0 Å². The topological polar surface area (TPSA) is 81.9 Å². The summed E-state index contributed by atoms with van der Waals surface area (Å²) in [6.45, 7) is 2.71. The Morgan fingerprint density at radius 2 is 1.71 bits per heavy atom. The molecule has 0 saturated heterocycles. The van der Waals surface area contributed by atoms with E-state index in [2.05, 4.69) is 0 Å². The zero-order valence-corrected chi connectivity index (χ0v) is 23.4. The highest BCUT2D eigenvalue weighted by Gasteiger charge is 2.35. The Balaban J connectivity index is 1.30. The molecule has 0 spiro atoms. The van der Waals surface area contributed by atoms with Gasteiger partial charge in [0.2, 0.25) is 11.7 Å². The Morgan fingerprint density at radius 1 is 1.00 bits per heavy atom. The number of nitrogens with zero attached hydrogens (tertiary/aromatic N) is 1. The van der Waals surface area contributed by atoms with Gasteiger partial charge in [0.15, 0.2) is 17.4 Å². The second kappa shape index (κ2) is 12.8. The van der Waals surface area contributed by atoms with Crippen LogP contribution < -0.4 is 10.5 Å². The second-order valence-corrected chi connectivity index (χ2v) is 10.8. The van der Waals surface area contributed by atoms with Gasteiger partial charge in [0.25, 0.3) is 0 Å². The predicted molar refractivity (Wildman–Crippen MR) is 152 cm³/mol. The average molecular weight is 579 g/mol. The molecule has 5 rings (SSSR count). The van der Waals surface area contributed by atoms with E-state index in [-0.39, 0.29) is 25.2 Å².